The number of likely N-dealkylation sites (tertiary alicyclic amines) is 1. The molecule has 20 heavy (non-hydrogen) atoms. The van der Waals surface area contributed by atoms with Crippen LogP contribution < -0.4 is 9.47 Å². The first-order valence-corrected chi connectivity index (χ1v) is 6.90. The zero-order valence-corrected chi connectivity index (χ0v) is 11.3. The van der Waals surface area contributed by atoms with Gasteiger partial charge in [-0.1, -0.05) is 6.07 Å². The van der Waals surface area contributed by atoms with Crippen LogP contribution in [0.2, 0.25) is 0 Å². The van der Waals surface area contributed by atoms with Crippen LogP contribution in [0.5, 0.6) is 11.5 Å². The van der Waals surface area contributed by atoms with E-state index in [9.17, 15) is 9.59 Å². The van der Waals surface area contributed by atoms with Crippen molar-refractivity contribution in [3.63, 3.8) is 0 Å². The number of Topliss-reactive ketones (excluding diaryl/α,β-unsaturated/α-hetero) is 1. The van der Waals surface area contributed by atoms with E-state index in [0.717, 1.165) is 11.3 Å². The number of carbonyl (C=O) groups is 2. The third-order valence-electron chi connectivity index (χ3n) is 3.64. The molecular formula is C15H17NO4. The normalized spacial score (nSPS) is 18.0. The van der Waals surface area contributed by atoms with E-state index in [1.54, 1.807) is 4.90 Å². The molecule has 0 aromatic heterocycles. The van der Waals surface area contributed by atoms with Crippen LogP contribution in [0, 0.1) is 0 Å². The number of benzene rings is 1. The molecule has 3 rings (SSSR count). The van der Waals surface area contributed by atoms with Gasteiger partial charge in [0.05, 0.1) is 6.42 Å². The Labute approximate surface area is 117 Å². The summed E-state index contributed by atoms with van der Waals surface area (Å²) in [5.74, 6) is 1.74. The van der Waals surface area contributed by atoms with E-state index in [0.29, 0.717) is 51.3 Å². The molecule has 2 aliphatic rings. The van der Waals surface area contributed by atoms with Gasteiger partial charge in [-0.3, -0.25) is 9.59 Å². The zero-order chi connectivity index (χ0) is 13.9. The van der Waals surface area contributed by atoms with Crippen molar-refractivity contribution in [1.29, 1.82) is 0 Å². The van der Waals surface area contributed by atoms with Crippen molar-refractivity contribution >= 4 is 11.7 Å². The minimum atomic E-state index is 0.0641. The fraction of sp³-hybridized carbons (Fsp3) is 0.467. The quantitative estimate of drug-likeness (QED) is 0.813. The minimum Gasteiger partial charge on any atom is -0.486 e. The predicted molar refractivity (Wildman–Crippen MR) is 72.0 cm³/mol. The van der Waals surface area contributed by atoms with Gasteiger partial charge in [0.15, 0.2) is 11.5 Å². The first-order valence-electron chi connectivity index (χ1n) is 6.90. The molecule has 1 fully saturated rings. The maximum absolute atomic E-state index is 12.2. The van der Waals surface area contributed by atoms with Crippen LogP contribution in [0.15, 0.2) is 18.2 Å². The topological polar surface area (TPSA) is 55.8 Å². The summed E-state index contributed by atoms with van der Waals surface area (Å²) in [6.45, 7) is 2.19. The van der Waals surface area contributed by atoms with Crippen molar-refractivity contribution in [2.24, 2.45) is 0 Å². The Hall–Kier alpha value is -2.04. The molecule has 0 bridgehead atoms. The summed E-state index contributed by atoms with van der Waals surface area (Å²) in [6, 6.07) is 5.60. The van der Waals surface area contributed by atoms with Crippen LogP contribution in [0.1, 0.15) is 18.4 Å². The standard InChI is InChI=1S/C15H17NO4/c17-12-3-5-16(6-4-12)15(18)10-11-1-2-13-14(9-11)20-8-7-19-13/h1-2,9H,3-8,10H2. The lowest BCUT2D eigenvalue weighted by atomic mass is 10.1. The molecule has 106 valence electrons. The molecule has 0 radical (unpaired) electrons. The number of amides is 1. The number of rotatable bonds is 2. The fourth-order valence-electron chi connectivity index (χ4n) is 2.49. The highest BCUT2D eigenvalue weighted by Crippen LogP contribution is 2.31. The van der Waals surface area contributed by atoms with E-state index >= 15 is 0 Å². The molecule has 2 aliphatic heterocycles. The Kier molecular flexibility index (Phi) is 3.58. The third kappa shape index (κ3) is 2.76. The lowest BCUT2D eigenvalue weighted by molar-refractivity contribution is -0.133. The van der Waals surface area contributed by atoms with Crippen LogP contribution in [0.25, 0.3) is 0 Å². The lowest BCUT2D eigenvalue weighted by Crippen LogP contribution is -2.39. The molecule has 0 N–H and O–H groups in total. The SMILES string of the molecule is O=C1CCN(C(=O)Cc2ccc3c(c2)OCCO3)CC1. The molecule has 0 aliphatic carbocycles. The van der Waals surface area contributed by atoms with Crippen molar-refractivity contribution in [1.82, 2.24) is 4.90 Å². The molecule has 1 aromatic rings. The highest BCUT2D eigenvalue weighted by Gasteiger charge is 2.21. The van der Waals surface area contributed by atoms with Gasteiger partial charge in [0.1, 0.15) is 19.0 Å². The summed E-state index contributed by atoms with van der Waals surface area (Å²) in [7, 11) is 0. The van der Waals surface area contributed by atoms with Crippen LogP contribution in [-0.4, -0.2) is 42.9 Å². The van der Waals surface area contributed by atoms with Crippen LogP contribution in [-0.2, 0) is 16.0 Å². The first kappa shape index (κ1) is 13.0. The van der Waals surface area contributed by atoms with Gasteiger partial charge in [0, 0.05) is 25.9 Å². The average Bonchev–Trinajstić information content (AvgIpc) is 2.48. The number of hydrogen-bond donors (Lipinski definition) is 0. The molecule has 5 nitrogen and oxygen atoms in total. The van der Waals surface area contributed by atoms with E-state index in [4.69, 9.17) is 9.47 Å². The summed E-state index contributed by atoms with van der Waals surface area (Å²) in [6.07, 6.45) is 1.30. The van der Waals surface area contributed by atoms with E-state index < -0.39 is 0 Å². The van der Waals surface area contributed by atoms with Crippen molar-refractivity contribution in [3.05, 3.63) is 23.8 Å². The average molecular weight is 275 g/mol. The number of fused-ring (bicyclic) bond motifs is 1. The Morgan fingerprint density at radius 2 is 1.80 bits per heavy atom. The fourth-order valence-corrected chi connectivity index (χ4v) is 2.49. The van der Waals surface area contributed by atoms with Gasteiger partial charge in [-0.25, -0.2) is 0 Å². The van der Waals surface area contributed by atoms with Crippen LogP contribution in [0.4, 0.5) is 0 Å². The molecule has 0 spiro atoms. The molecule has 2 heterocycles. The highest BCUT2D eigenvalue weighted by atomic mass is 16.6. The molecule has 0 unspecified atom stereocenters. The van der Waals surface area contributed by atoms with Gasteiger partial charge in [-0.05, 0) is 17.7 Å². The number of hydrogen-bond acceptors (Lipinski definition) is 4. The van der Waals surface area contributed by atoms with Crippen molar-refractivity contribution in [3.8, 4) is 11.5 Å². The Balaban J connectivity index is 1.65. The molecule has 0 saturated carbocycles. The second-order valence-corrected chi connectivity index (χ2v) is 5.07. The van der Waals surface area contributed by atoms with E-state index in [2.05, 4.69) is 0 Å². The summed E-state index contributed by atoms with van der Waals surface area (Å²) in [5.41, 5.74) is 0.913. The number of ketones is 1. The van der Waals surface area contributed by atoms with E-state index in [-0.39, 0.29) is 11.7 Å². The molecule has 1 amide bonds. The van der Waals surface area contributed by atoms with E-state index in [1.807, 2.05) is 18.2 Å². The smallest absolute Gasteiger partial charge is 0.227 e. The predicted octanol–water partition coefficient (Wildman–Crippen LogP) is 1.19. The van der Waals surface area contributed by atoms with Gasteiger partial charge in [-0.15, -0.1) is 0 Å². The largest absolute Gasteiger partial charge is 0.486 e. The van der Waals surface area contributed by atoms with Gasteiger partial charge in [0.25, 0.3) is 0 Å². The highest BCUT2D eigenvalue weighted by molar-refractivity contribution is 5.84. The Morgan fingerprint density at radius 1 is 1.10 bits per heavy atom. The van der Waals surface area contributed by atoms with Crippen molar-refractivity contribution < 1.29 is 19.1 Å². The maximum Gasteiger partial charge on any atom is 0.227 e. The number of piperidine rings is 1. The minimum absolute atomic E-state index is 0.0641. The number of nitrogens with zero attached hydrogens (tertiary/aromatic N) is 1. The summed E-state index contributed by atoms with van der Waals surface area (Å²) in [5, 5.41) is 0. The third-order valence-corrected chi connectivity index (χ3v) is 3.64. The molecule has 5 heteroatoms. The van der Waals surface area contributed by atoms with Crippen LogP contribution >= 0.6 is 0 Å². The molecular weight excluding hydrogens is 258 g/mol. The van der Waals surface area contributed by atoms with Gasteiger partial charge >= 0.3 is 0 Å². The number of ether oxygens (including phenoxy) is 2. The second-order valence-electron chi connectivity index (χ2n) is 5.07. The monoisotopic (exact) mass is 275 g/mol. The first-order chi connectivity index (χ1) is 9.72. The van der Waals surface area contributed by atoms with Crippen molar-refractivity contribution in [2.75, 3.05) is 26.3 Å². The zero-order valence-electron chi connectivity index (χ0n) is 11.3. The summed E-state index contributed by atoms with van der Waals surface area (Å²) >= 11 is 0. The maximum atomic E-state index is 12.2. The molecule has 0 atom stereocenters. The van der Waals surface area contributed by atoms with E-state index in [1.165, 1.54) is 0 Å². The van der Waals surface area contributed by atoms with Crippen LogP contribution in [0.3, 0.4) is 0 Å². The Morgan fingerprint density at radius 3 is 2.55 bits per heavy atom. The van der Waals surface area contributed by atoms with Gasteiger partial charge < -0.3 is 14.4 Å². The Bertz CT molecular complexity index is 531. The molecule has 1 aromatic carbocycles. The summed E-state index contributed by atoms with van der Waals surface area (Å²) < 4.78 is 11.0. The number of carbonyl (C=O) groups excluding carboxylic acids is 2. The second kappa shape index (κ2) is 5.53. The molecule has 1 saturated heterocycles. The van der Waals surface area contributed by atoms with Gasteiger partial charge in [-0.2, -0.15) is 0 Å². The van der Waals surface area contributed by atoms with Crippen molar-refractivity contribution in [2.45, 2.75) is 19.3 Å². The van der Waals surface area contributed by atoms with Gasteiger partial charge in [0.2, 0.25) is 5.91 Å². The lowest BCUT2D eigenvalue weighted by Gasteiger charge is -2.26. The summed E-state index contributed by atoms with van der Waals surface area (Å²) in [4.78, 5) is 25.1.